The predicted octanol–water partition coefficient (Wildman–Crippen LogP) is 2.63. The number of halogens is 2. The maximum Gasteiger partial charge on any atom is 0.253 e. The number of rotatable bonds is 7. The van der Waals surface area contributed by atoms with Crippen LogP contribution in [0.4, 0.5) is 0 Å². The Bertz CT molecular complexity index is 1430. The van der Waals surface area contributed by atoms with Crippen molar-refractivity contribution in [1.82, 2.24) is 10.2 Å². The van der Waals surface area contributed by atoms with E-state index in [2.05, 4.69) is 5.32 Å². The highest BCUT2D eigenvalue weighted by molar-refractivity contribution is 8.00. The van der Waals surface area contributed by atoms with Crippen molar-refractivity contribution in [3.63, 3.8) is 0 Å². The number of nitrogens with one attached hydrogen (secondary N) is 1. The van der Waals surface area contributed by atoms with Crippen molar-refractivity contribution in [1.29, 1.82) is 0 Å². The molecule has 5 rings (SSSR count). The average Bonchev–Trinajstić information content (AvgIpc) is 2.87. The number of aromatic nitrogens is 1. The van der Waals surface area contributed by atoms with E-state index >= 15 is 0 Å². The summed E-state index contributed by atoms with van der Waals surface area (Å²) in [5.41, 5.74) is 0.468. The summed E-state index contributed by atoms with van der Waals surface area (Å²) in [5.74, 6) is -1.79. The van der Waals surface area contributed by atoms with Gasteiger partial charge >= 0.3 is 0 Å². The topological polar surface area (TPSA) is 93.4 Å². The largest absolute Gasteiger partial charge is 0.543 e. The smallest absolute Gasteiger partial charge is 0.253 e. The van der Waals surface area contributed by atoms with Crippen molar-refractivity contribution in [3.05, 3.63) is 82.2 Å². The summed E-state index contributed by atoms with van der Waals surface area (Å²) >= 11 is 14.8. The molecule has 2 aliphatic heterocycles. The maximum atomic E-state index is 12.9. The highest BCUT2D eigenvalue weighted by atomic mass is 35.5. The summed E-state index contributed by atoms with van der Waals surface area (Å²) in [6.45, 7) is 0.311. The van der Waals surface area contributed by atoms with E-state index in [-0.39, 0.29) is 17.4 Å². The molecule has 1 N–H and O–H groups in total. The van der Waals surface area contributed by atoms with Crippen LogP contribution in [0.5, 0.6) is 0 Å². The second-order valence-electron chi connectivity index (χ2n) is 8.30. The first-order valence-electron chi connectivity index (χ1n) is 10.9. The van der Waals surface area contributed by atoms with E-state index in [0.29, 0.717) is 32.8 Å². The molecule has 3 aromatic rings. The van der Waals surface area contributed by atoms with E-state index < -0.39 is 23.3 Å². The van der Waals surface area contributed by atoms with Crippen LogP contribution >= 0.6 is 46.7 Å². The Labute approximate surface area is 225 Å². The summed E-state index contributed by atoms with van der Waals surface area (Å²) in [6, 6.07) is 14.0. The minimum absolute atomic E-state index is 0.0360. The van der Waals surface area contributed by atoms with Crippen LogP contribution in [0.25, 0.3) is 10.8 Å². The minimum Gasteiger partial charge on any atom is -0.543 e. The molecular weight excluding hydrogens is 541 g/mol. The molecule has 1 fully saturated rings. The number of carbonyl (C=O) groups is 3. The fourth-order valence-corrected chi connectivity index (χ4v) is 6.88. The molecule has 0 aliphatic carbocycles. The summed E-state index contributed by atoms with van der Waals surface area (Å²) in [5, 5.41) is 17.4. The third-order valence-corrected chi connectivity index (χ3v) is 9.00. The predicted molar refractivity (Wildman–Crippen MR) is 138 cm³/mol. The van der Waals surface area contributed by atoms with Gasteiger partial charge in [-0.1, -0.05) is 41.4 Å². The van der Waals surface area contributed by atoms with Crippen LogP contribution in [-0.2, 0) is 20.9 Å². The van der Waals surface area contributed by atoms with E-state index in [4.69, 9.17) is 23.2 Å². The third kappa shape index (κ3) is 4.93. The number of fused-ring (bicyclic) bond motifs is 2. The molecular formula is C25H19Cl2N3O4S2. The number of carbonyl (C=O) groups excluding carboxylic acids is 3. The zero-order valence-corrected chi connectivity index (χ0v) is 21.8. The van der Waals surface area contributed by atoms with Gasteiger partial charge in [0.15, 0.2) is 18.9 Å². The standard InChI is InChI=1S/C25H19Cl2N3O4S2/c26-17-5-6-18(27)19(9-17)35-13-20(31)28-21-23(32)30-22(25(33)34)16(12-36-24(21)30)11-29-8-7-14-3-1-2-4-15(14)10-29/h1-10,21,24H,11-13H2,(H-,28,31,33,34)/t21-,24-/m1/s1. The molecule has 7 nitrogen and oxygen atoms in total. The SMILES string of the molecule is O=C(CSc1cc(Cl)ccc1Cl)N[C@@H]1C(=O)N2C(C(=O)[O-])=C(C[n+]3ccc4ccccc4c3)CS[C@H]12. The first kappa shape index (κ1) is 25.0. The van der Waals surface area contributed by atoms with Gasteiger partial charge in [-0.15, -0.1) is 23.5 Å². The number of hydrogen-bond acceptors (Lipinski definition) is 6. The quantitative estimate of drug-likeness (QED) is 0.272. The third-order valence-electron chi connectivity index (χ3n) is 5.93. The van der Waals surface area contributed by atoms with E-state index in [1.54, 1.807) is 18.2 Å². The van der Waals surface area contributed by atoms with Gasteiger partial charge in [0.2, 0.25) is 5.91 Å². The van der Waals surface area contributed by atoms with Crippen molar-refractivity contribution < 1.29 is 24.1 Å². The Hall–Kier alpha value is -2.72. The molecule has 2 aliphatic rings. The van der Waals surface area contributed by atoms with Crippen LogP contribution in [0.1, 0.15) is 0 Å². The molecule has 184 valence electrons. The van der Waals surface area contributed by atoms with E-state index in [1.165, 1.54) is 28.4 Å². The highest BCUT2D eigenvalue weighted by Gasteiger charge is 2.53. The van der Waals surface area contributed by atoms with Crippen LogP contribution in [-0.4, -0.2) is 45.6 Å². The van der Waals surface area contributed by atoms with Crippen molar-refractivity contribution in [2.75, 3.05) is 11.5 Å². The molecule has 0 unspecified atom stereocenters. The van der Waals surface area contributed by atoms with Gasteiger partial charge in [0.1, 0.15) is 11.4 Å². The zero-order chi connectivity index (χ0) is 25.4. The minimum atomic E-state index is -1.40. The van der Waals surface area contributed by atoms with Gasteiger partial charge in [-0.25, -0.2) is 4.57 Å². The van der Waals surface area contributed by atoms with Crippen LogP contribution in [0.15, 0.2) is 77.1 Å². The lowest BCUT2D eigenvalue weighted by Gasteiger charge is -2.50. The second-order valence-corrected chi connectivity index (χ2v) is 11.3. The van der Waals surface area contributed by atoms with Gasteiger partial charge in [-0.2, -0.15) is 0 Å². The zero-order valence-electron chi connectivity index (χ0n) is 18.6. The lowest BCUT2D eigenvalue weighted by Crippen LogP contribution is -2.71. The summed E-state index contributed by atoms with van der Waals surface area (Å²) in [6.07, 6.45) is 3.82. The number of amides is 2. The number of carboxylic acids is 1. The number of β-lactam (4-membered cyclic amide) rings is 1. The number of carboxylic acid groups (broad SMARTS) is 1. The monoisotopic (exact) mass is 559 g/mol. The molecule has 0 bridgehead atoms. The summed E-state index contributed by atoms with van der Waals surface area (Å²) in [7, 11) is 0. The lowest BCUT2D eigenvalue weighted by molar-refractivity contribution is -0.687. The fraction of sp³-hybridized carbons (Fsp3) is 0.200. The number of thioether (sulfide) groups is 2. The molecule has 2 aromatic carbocycles. The first-order valence-corrected chi connectivity index (χ1v) is 13.7. The van der Waals surface area contributed by atoms with Crippen molar-refractivity contribution >= 4 is 75.3 Å². The van der Waals surface area contributed by atoms with Crippen LogP contribution < -0.4 is 15.0 Å². The molecule has 36 heavy (non-hydrogen) atoms. The molecule has 3 heterocycles. The maximum absolute atomic E-state index is 12.9. The number of aliphatic carboxylic acids is 1. The molecule has 1 aromatic heterocycles. The Balaban J connectivity index is 1.27. The number of pyridine rings is 1. The Morgan fingerprint density at radius 2 is 1.94 bits per heavy atom. The number of hydrogen-bond donors (Lipinski definition) is 1. The van der Waals surface area contributed by atoms with Crippen LogP contribution in [0.2, 0.25) is 10.0 Å². The van der Waals surface area contributed by atoms with Gasteiger partial charge < -0.3 is 15.2 Å². The summed E-state index contributed by atoms with van der Waals surface area (Å²) in [4.78, 5) is 39.4. The van der Waals surface area contributed by atoms with E-state index in [9.17, 15) is 19.5 Å². The fourth-order valence-electron chi connectivity index (χ4n) is 4.24. The van der Waals surface area contributed by atoms with Gasteiger partial charge in [-0.05, 0) is 29.7 Å². The average molecular weight is 560 g/mol. The Morgan fingerprint density at radius 1 is 1.17 bits per heavy atom. The van der Waals surface area contributed by atoms with Gasteiger partial charge in [0, 0.05) is 32.7 Å². The molecule has 2 atom stereocenters. The first-order chi connectivity index (χ1) is 17.3. The molecule has 0 spiro atoms. The Kier molecular flexibility index (Phi) is 7.16. The number of benzene rings is 2. The van der Waals surface area contributed by atoms with Gasteiger partial charge in [-0.3, -0.25) is 14.5 Å². The van der Waals surface area contributed by atoms with Crippen LogP contribution in [0, 0.1) is 0 Å². The number of nitrogens with zero attached hydrogens (tertiary/aromatic N) is 2. The molecule has 2 amide bonds. The van der Waals surface area contributed by atoms with Crippen molar-refractivity contribution in [3.8, 4) is 0 Å². The molecule has 11 heteroatoms. The molecule has 0 radical (unpaired) electrons. The summed E-state index contributed by atoms with van der Waals surface area (Å²) < 4.78 is 1.89. The van der Waals surface area contributed by atoms with Gasteiger partial charge in [0.05, 0.1) is 22.4 Å². The molecule has 0 saturated carbocycles. The normalized spacial score (nSPS) is 19.2. The van der Waals surface area contributed by atoms with E-state index in [0.717, 1.165) is 10.8 Å². The second kappa shape index (κ2) is 10.3. The highest BCUT2D eigenvalue weighted by Crippen LogP contribution is 2.40. The van der Waals surface area contributed by atoms with Crippen molar-refractivity contribution in [2.24, 2.45) is 0 Å². The lowest BCUT2D eigenvalue weighted by atomic mass is 10.0. The van der Waals surface area contributed by atoms with Crippen LogP contribution in [0.3, 0.4) is 0 Å². The van der Waals surface area contributed by atoms with Gasteiger partial charge in [0.25, 0.3) is 5.91 Å². The van der Waals surface area contributed by atoms with Crippen molar-refractivity contribution in [2.45, 2.75) is 22.9 Å². The molecule has 1 saturated heterocycles. The Morgan fingerprint density at radius 3 is 2.72 bits per heavy atom. The van der Waals surface area contributed by atoms with E-state index in [1.807, 2.05) is 47.3 Å².